The average Bonchev–Trinajstić information content (AvgIpc) is 3.22. The number of nitrogens with zero attached hydrogens (tertiary/aromatic N) is 3. The number of carbonyl (C=O) groups excluding carboxylic acids is 1. The maximum absolute atomic E-state index is 12.0. The number of amides is 1. The fourth-order valence-electron chi connectivity index (χ4n) is 3.02. The molecule has 0 aliphatic heterocycles. The Morgan fingerprint density at radius 1 is 1.10 bits per heavy atom. The van der Waals surface area contributed by atoms with Gasteiger partial charge < -0.3 is 10.1 Å². The Morgan fingerprint density at radius 3 is 2.77 bits per heavy atom. The number of aromatic nitrogens is 2. The van der Waals surface area contributed by atoms with E-state index >= 15 is 0 Å². The van der Waals surface area contributed by atoms with E-state index in [1.54, 1.807) is 13.3 Å². The normalized spacial score (nSPS) is 11.0. The first-order valence-corrected chi connectivity index (χ1v) is 9.45. The molecule has 30 heavy (non-hydrogen) atoms. The Morgan fingerprint density at radius 2 is 1.93 bits per heavy atom. The van der Waals surface area contributed by atoms with E-state index in [0.717, 1.165) is 33.7 Å². The largest absolute Gasteiger partial charge is 0.497 e. The standard InChI is InChI=1S/C23H21N5O2/c1-30-20-6-4-5-18(13-20)24-15-23(29)27-26-14-17-9-11-19(12-10-17)28-16-25-21-7-2-3-8-22(21)28/h2-14,16,24H,15H2,1H3,(H,27,29)/b26-14-. The van der Waals surface area contributed by atoms with Gasteiger partial charge in [-0.05, 0) is 42.0 Å². The second-order valence-electron chi connectivity index (χ2n) is 6.57. The lowest BCUT2D eigenvalue weighted by molar-refractivity contribution is -0.119. The summed E-state index contributed by atoms with van der Waals surface area (Å²) in [5.41, 5.74) is 7.21. The van der Waals surface area contributed by atoms with Crippen LogP contribution in [-0.4, -0.2) is 35.3 Å². The van der Waals surface area contributed by atoms with Gasteiger partial charge in [0, 0.05) is 17.4 Å². The number of ether oxygens (including phenoxy) is 1. The lowest BCUT2D eigenvalue weighted by atomic mass is 10.2. The molecule has 0 saturated carbocycles. The highest BCUT2D eigenvalue weighted by Gasteiger charge is 2.04. The predicted octanol–water partition coefficient (Wildman–Crippen LogP) is 3.60. The van der Waals surface area contributed by atoms with Crippen LogP contribution < -0.4 is 15.5 Å². The van der Waals surface area contributed by atoms with Gasteiger partial charge in [0.2, 0.25) is 0 Å². The Kier molecular flexibility index (Phi) is 5.70. The van der Waals surface area contributed by atoms with E-state index < -0.39 is 0 Å². The van der Waals surface area contributed by atoms with Crippen LogP contribution >= 0.6 is 0 Å². The smallest absolute Gasteiger partial charge is 0.259 e. The highest BCUT2D eigenvalue weighted by Crippen LogP contribution is 2.18. The highest BCUT2D eigenvalue weighted by molar-refractivity contribution is 5.84. The number of benzene rings is 3. The first kappa shape index (κ1) is 19.2. The van der Waals surface area contributed by atoms with Crippen LogP contribution in [0.3, 0.4) is 0 Å². The number of anilines is 1. The third kappa shape index (κ3) is 4.47. The van der Waals surface area contributed by atoms with Gasteiger partial charge in [0.1, 0.15) is 12.1 Å². The molecule has 0 aliphatic carbocycles. The zero-order chi connectivity index (χ0) is 20.8. The lowest BCUT2D eigenvalue weighted by Crippen LogP contribution is -2.25. The van der Waals surface area contributed by atoms with Gasteiger partial charge in [-0.2, -0.15) is 5.10 Å². The second kappa shape index (κ2) is 8.91. The maximum Gasteiger partial charge on any atom is 0.259 e. The Bertz CT molecular complexity index is 1180. The highest BCUT2D eigenvalue weighted by atomic mass is 16.5. The molecule has 0 aliphatic rings. The van der Waals surface area contributed by atoms with E-state index in [4.69, 9.17) is 4.74 Å². The van der Waals surface area contributed by atoms with Crippen molar-refractivity contribution in [2.45, 2.75) is 0 Å². The number of hydrogen-bond acceptors (Lipinski definition) is 5. The number of para-hydroxylation sites is 2. The van der Waals surface area contributed by atoms with E-state index in [-0.39, 0.29) is 12.5 Å². The summed E-state index contributed by atoms with van der Waals surface area (Å²) in [6, 6.07) is 23.2. The molecule has 0 fully saturated rings. The van der Waals surface area contributed by atoms with Gasteiger partial charge in [-0.15, -0.1) is 0 Å². The quantitative estimate of drug-likeness (QED) is 0.368. The molecule has 4 aromatic rings. The van der Waals surface area contributed by atoms with Crippen molar-refractivity contribution >= 4 is 28.8 Å². The minimum Gasteiger partial charge on any atom is -0.497 e. The van der Waals surface area contributed by atoms with Crippen molar-refractivity contribution in [2.75, 3.05) is 19.0 Å². The fourth-order valence-corrected chi connectivity index (χ4v) is 3.02. The molecule has 1 amide bonds. The summed E-state index contributed by atoms with van der Waals surface area (Å²) in [6.07, 6.45) is 3.42. The summed E-state index contributed by atoms with van der Waals surface area (Å²) in [7, 11) is 1.60. The molecule has 150 valence electrons. The van der Waals surface area contributed by atoms with E-state index in [1.165, 1.54) is 0 Å². The van der Waals surface area contributed by atoms with E-state index in [2.05, 4.69) is 20.8 Å². The van der Waals surface area contributed by atoms with Crippen molar-refractivity contribution in [1.82, 2.24) is 15.0 Å². The molecule has 7 heteroatoms. The molecular weight excluding hydrogens is 378 g/mol. The molecular formula is C23H21N5O2. The van der Waals surface area contributed by atoms with Crippen LogP contribution in [0.2, 0.25) is 0 Å². The summed E-state index contributed by atoms with van der Waals surface area (Å²) in [5, 5.41) is 7.05. The summed E-state index contributed by atoms with van der Waals surface area (Å²) in [4.78, 5) is 16.4. The lowest BCUT2D eigenvalue weighted by Gasteiger charge is -2.07. The van der Waals surface area contributed by atoms with Gasteiger partial charge in [-0.1, -0.05) is 30.3 Å². The SMILES string of the molecule is COc1cccc(NCC(=O)N/N=C\c2ccc(-n3cnc4ccccc43)cc2)c1. The van der Waals surface area contributed by atoms with Gasteiger partial charge in [0.25, 0.3) is 5.91 Å². The van der Waals surface area contributed by atoms with Crippen molar-refractivity contribution in [3.05, 3.63) is 84.7 Å². The van der Waals surface area contributed by atoms with Crippen LogP contribution in [0.1, 0.15) is 5.56 Å². The third-order valence-corrected chi connectivity index (χ3v) is 4.55. The van der Waals surface area contributed by atoms with Crippen LogP contribution in [0.5, 0.6) is 5.75 Å². The zero-order valence-electron chi connectivity index (χ0n) is 16.4. The van der Waals surface area contributed by atoms with Crippen LogP contribution in [0.4, 0.5) is 5.69 Å². The number of imidazole rings is 1. The topological polar surface area (TPSA) is 80.5 Å². The number of hydrazone groups is 1. The number of rotatable bonds is 7. The molecule has 1 heterocycles. The second-order valence-corrected chi connectivity index (χ2v) is 6.57. The zero-order valence-corrected chi connectivity index (χ0v) is 16.4. The minimum atomic E-state index is -0.240. The predicted molar refractivity (Wildman–Crippen MR) is 118 cm³/mol. The Hall–Kier alpha value is -4.13. The van der Waals surface area contributed by atoms with Gasteiger partial charge in [0.15, 0.2) is 0 Å². The van der Waals surface area contributed by atoms with E-state index in [0.29, 0.717) is 0 Å². The molecule has 2 N–H and O–H groups in total. The van der Waals surface area contributed by atoms with Crippen molar-refractivity contribution in [1.29, 1.82) is 0 Å². The van der Waals surface area contributed by atoms with Gasteiger partial charge >= 0.3 is 0 Å². The molecule has 0 unspecified atom stereocenters. The van der Waals surface area contributed by atoms with Crippen molar-refractivity contribution in [3.8, 4) is 11.4 Å². The molecule has 0 bridgehead atoms. The summed E-state index contributed by atoms with van der Waals surface area (Å²) < 4.78 is 7.19. The molecule has 4 rings (SSSR count). The summed E-state index contributed by atoms with van der Waals surface area (Å²) in [6.45, 7) is 0.108. The number of hydrogen-bond donors (Lipinski definition) is 2. The van der Waals surface area contributed by atoms with Gasteiger partial charge in [-0.25, -0.2) is 10.4 Å². The molecule has 0 saturated heterocycles. The Balaban J connectivity index is 1.32. The molecule has 0 radical (unpaired) electrons. The first-order chi connectivity index (χ1) is 14.7. The monoisotopic (exact) mass is 399 g/mol. The van der Waals surface area contributed by atoms with Gasteiger partial charge in [-0.3, -0.25) is 9.36 Å². The van der Waals surface area contributed by atoms with Crippen LogP contribution in [0.25, 0.3) is 16.7 Å². The Labute approximate surface area is 174 Å². The van der Waals surface area contributed by atoms with Crippen LogP contribution in [0, 0.1) is 0 Å². The molecule has 1 aromatic heterocycles. The molecule has 0 spiro atoms. The third-order valence-electron chi connectivity index (χ3n) is 4.55. The first-order valence-electron chi connectivity index (χ1n) is 9.45. The fraction of sp³-hybridized carbons (Fsp3) is 0.0870. The van der Waals surface area contributed by atoms with E-state index in [1.807, 2.05) is 83.7 Å². The van der Waals surface area contributed by atoms with Crippen LogP contribution in [0.15, 0.2) is 84.2 Å². The molecule has 7 nitrogen and oxygen atoms in total. The minimum absolute atomic E-state index is 0.108. The van der Waals surface area contributed by atoms with Crippen molar-refractivity contribution < 1.29 is 9.53 Å². The maximum atomic E-state index is 12.0. The summed E-state index contributed by atoms with van der Waals surface area (Å²) >= 11 is 0. The summed E-state index contributed by atoms with van der Waals surface area (Å²) in [5.74, 6) is 0.487. The molecule has 3 aromatic carbocycles. The van der Waals surface area contributed by atoms with Gasteiger partial charge in [0.05, 0.1) is 30.9 Å². The van der Waals surface area contributed by atoms with Crippen molar-refractivity contribution in [2.24, 2.45) is 5.10 Å². The number of fused-ring (bicyclic) bond motifs is 1. The number of nitrogens with one attached hydrogen (secondary N) is 2. The van der Waals surface area contributed by atoms with E-state index in [9.17, 15) is 4.79 Å². The average molecular weight is 399 g/mol. The number of carbonyl (C=O) groups is 1. The van der Waals surface area contributed by atoms with Crippen LogP contribution in [-0.2, 0) is 4.79 Å². The van der Waals surface area contributed by atoms with Crippen molar-refractivity contribution in [3.63, 3.8) is 0 Å². The molecule has 0 atom stereocenters. The number of methoxy groups -OCH3 is 1.